The van der Waals surface area contributed by atoms with Gasteiger partial charge in [0, 0.05) is 23.7 Å². The number of carbonyl (C=O) groups is 2. The van der Waals surface area contributed by atoms with E-state index in [9.17, 15) is 9.59 Å². The van der Waals surface area contributed by atoms with E-state index >= 15 is 0 Å². The lowest BCUT2D eigenvalue weighted by atomic mass is 9.87. The number of hydrogen-bond acceptors (Lipinski definition) is 3. The predicted octanol–water partition coefficient (Wildman–Crippen LogP) is 2.16. The maximum Gasteiger partial charge on any atom is 0.335 e. The maximum atomic E-state index is 12.4. The lowest BCUT2D eigenvalue weighted by Crippen LogP contribution is -2.28. The number of anilines is 1. The molecule has 1 atom stereocenters. The third kappa shape index (κ3) is 2.72. The number of hydrogen-bond donors (Lipinski definition) is 3. The Morgan fingerprint density at radius 1 is 1.41 bits per heavy atom. The van der Waals surface area contributed by atoms with Gasteiger partial charge in [0.1, 0.15) is 0 Å². The first-order valence-corrected chi connectivity index (χ1v) is 7.20. The van der Waals surface area contributed by atoms with Crippen molar-refractivity contribution in [3.05, 3.63) is 46.8 Å². The molecule has 0 bridgehead atoms. The normalized spacial score (nSPS) is 16.9. The molecular formula is C16H17N3O3. The molecule has 3 N–H and O–H groups in total. The number of nitrogens with one attached hydrogen (secondary N) is 2. The Hall–Kier alpha value is -2.63. The summed E-state index contributed by atoms with van der Waals surface area (Å²) in [6, 6.07) is 4.83. The van der Waals surface area contributed by atoms with Crippen LogP contribution in [0.1, 0.15) is 33.6 Å². The lowest BCUT2D eigenvalue weighted by Gasteiger charge is -2.21. The number of aromatic nitrogens is 2. The van der Waals surface area contributed by atoms with Gasteiger partial charge in [-0.1, -0.05) is 0 Å². The van der Waals surface area contributed by atoms with Crippen LogP contribution in [0.4, 0.5) is 5.69 Å². The summed E-state index contributed by atoms with van der Waals surface area (Å²) in [4.78, 5) is 23.4. The quantitative estimate of drug-likeness (QED) is 0.809. The SMILES string of the molecule is Cc1cc(NC(=O)[C@H]2CCc3cn[nH]c3C2)ccc1C(=O)O. The van der Waals surface area contributed by atoms with Crippen molar-refractivity contribution >= 4 is 17.6 Å². The van der Waals surface area contributed by atoms with Gasteiger partial charge in [-0.05, 0) is 49.1 Å². The Kier molecular flexibility index (Phi) is 3.66. The average Bonchev–Trinajstić information content (AvgIpc) is 2.94. The van der Waals surface area contributed by atoms with Crippen molar-refractivity contribution in [2.24, 2.45) is 5.92 Å². The molecule has 0 unspecified atom stereocenters. The Bertz CT molecular complexity index is 736. The first-order valence-electron chi connectivity index (χ1n) is 7.20. The van der Waals surface area contributed by atoms with E-state index < -0.39 is 5.97 Å². The predicted molar refractivity (Wildman–Crippen MR) is 80.9 cm³/mol. The third-order valence-electron chi connectivity index (χ3n) is 4.12. The van der Waals surface area contributed by atoms with Crippen LogP contribution in [0.3, 0.4) is 0 Å². The van der Waals surface area contributed by atoms with E-state index in [4.69, 9.17) is 5.11 Å². The highest BCUT2D eigenvalue weighted by Gasteiger charge is 2.26. The minimum Gasteiger partial charge on any atom is -0.478 e. The molecule has 0 saturated heterocycles. The van der Waals surface area contributed by atoms with E-state index in [0.717, 1.165) is 18.5 Å². The third-order valence-corrected chi connectivity index (χ3v) is 4.12. The number of aromatic carboxylic acids is 1. The van der Waals surface area contributed by atoms with Crippen molar-refractivity contribution in [2.45, 2.75) is 26.2 Å². The minimum atomic E-state index is -0.963. The summed E-state index contributed by atoms with van der Waals surface area (Å²) >= 11 is 0. The van der Waals surface area contributed by atoms with Crippen LogP contribution in [-0.2, 0) is 17.6 Å². The van der Waals surface area contributed by atoms with Crippen molar-refractivity contribution in [1.29, 1.82) is 0 Å². The molecule has 1 aliphatic rings. The number of carboxylic acid groups (broad SMARTS) is 1. The molecule has 0 aliphatic heterocycles. The molecule has 1 aromatic heterocycles. The molecule has 6 nitrogen and oxygen atoms in total. The number of aryl methyl sites for hydroxylation is 2. The topological polar surface area (TPSA) is 95.1 Å². The zero-order valence-electron chi connectivity index (χ0n) is 12.2. The molecule has 1 aromatic carbocycles. The van der Waals surface area contributed by atoms with E-state index in [-0.39, 0.29) is 17.4 Å². The van der Waals surface area contributed by atoms with E-state index in [0.29, 0.717) is 17.7 Å². The summed E-state index contributed by atoms with van der Waals surface area (Å²) in [6.07, 6.45) is 4.12. The molecule has 0 radical (unpaired) electrons. The molecule has 1 aliphatic carbocycles. The van der Waals surface area contributed by atoms with Crippen molar-refractivity contribution in [3.8, 4) is 0 Å². The molecule has 2 aromatic rings. The fourth-order valence-electron chi connectivity index (χ4n) is 2.86. The summed E-state index contributed by atoms with van der Waals surface area (Å²) in [6.45, 7) is 1.72. The van der Waals surface area contributed by atoms with Crippen molar-refractivity contribution in [1.82, 2.24) is 10.2 Å². The van der Waals surface area contributed by atoms with Gasteiger partial charge in [0.15, 0.2) is 0 Å². The van der Waals surface area contributed by atoms with Crippen LogP contribution in [0.25, 0.3) is 0 Å². The molecule has 0 saturated carbocycles. The van der Waals surface area contributed by atoms with Crippen molar-refractivity contribution in [2.75, 3.05) is 5.32 Å². The molecule has 1 heterocycles. The summed E-state index contributed by atoms with van der Waals surface area (Å²) in [5.41, 5.74) is 3.72. The molecule has 0 fully saturated rings. The summed E-state index contributed by atoms with van der Waals surface area (Å²) in [5.74, 6) is -1.09. The Morgan fingerprint density at radius 3 is 2.95 bits per heavy atom. The highest BCUT2D eigenvalue weighted by atomic mass is 16.4. The fraction of sp³-hybridized carbons (Fsp3) is 0.312. The summed E-state index contributed by atoms with van der Waals surface area (Å²) in [7, 11) is 0. The van der Waals surface area contributed by atoms with Gasteiger partial charge in [0.05, 0.1) is 11.8 Å². The van der Waals surface area contributed by atoms with Crippen LogP contribution in [0, 0.1) is 12.8 Å². The monoisotopic (exact) mass is 299 g/mol. The second-order valence-electron chi connectivity index (χ2n) is 5.64. The van der Waals surface area contributed by atoms with Gasteiger partial charge in [0.25, 0.3) is 0 Å². The van der Waals surface area contributed by atoms with Crippen molar-refractivity contribution < 1.29 is 14.7 Å². The zero-order valence-corrected chi connectivity index (χ0v) is 12.2. The molecule has 114 valence electrons. The fourth-order valence-corrected chi connectivity index (χ4v) is 2.86. The largest absolute Gasteiger partial charge is 0.478 e. The van der Waals surface area contributed by atoms with Gasteiger partial charge >= 0.3 is 5.97 Å². The highest BCUT2D eigenvalue weighted by molar-refractivity contribution is 5.94. The first kappa shape index (κ1) is 14.3. The Morgan fingerprint density at radius 2 is 2.23 bits per heavy atom. The van der Waals surface area contributed by atoms with Crippen LogP contribution in [-0.4, -0.2) is 27.2 Å². The molecule has 22 heavy (non-hydrogen) atoms. The van der Waals surface area contributed by atoms with E-state index in [2.05, 4.69) is 15.5 Å². The van der Waals surface area contributed by atoms with Crippen LogP contribution in [0.15, 0.2) is 24.4 Å². The van der Waals surface area contributed by atoms with E-state index in [1.54, 1.807) is 19.1 Å². The molecule has 1 amide bonds. The standard InChI is InChI=1S/C16H17N3O3/c1-9-6-12(4-5-13(9)16(21)22)18-15(20)10-2-3-11-8-17-19-14(11)7-10/h4-6,8,10H,2-3,7H2,1H3,(H,17,19)(H,18,20)(H,21,22)/t10-/m0/s1. The molecule has 6 heteroatoms. The molecule has 3 rings (SSSR count). The van der Waals surface area contributed by atoms with E-state index in [1.165, 1.54) is 11.6 Å². The second-order valence-corrected chi connectivity index (χ2v) is 5.64. The minimum absolute atomic E-state index is 0.0391. The van der Waals surface area contributed by atoms with Gasteiger partial charge in [-0.2, -0.15) is 5.10 Å². The van der Waals surface area contributed by atoms with Gasteiger partial charge in [-0.3, -0.25) is 9.89 Å². The van der Waals surface area contributed by atoms with Crippen LogP contribution < -0.4 is 5.32 Å². The number of carbonyl (C=O) groups excluding carboxylic acids is 1. The molecule has 0 spiro atoms. The smallest absolute Gasteiger partial charge is 0.335 e. The van der Waals surface area contributed by atoms with E-state index in [1.807, 2.05) is 6.20 Å². The Balaban J connectivity index is 1.70. The number of benzene rings is 1. The number of fused-ring (bicyclic) bond motifs is 1. The number of H-pyrrole nitrogens is 1. The van der Waals surface area contributed by atoms with Gasteiger partial charge in [-0.25, -0.2) is 4.79 Å². The summed E-state index contributed by atoms with van der Waals surface area (Å²) in [5, 5.41) is 18.8. The number of nitrogens with zero attached hydrogens (tertiary/aromatic N) is 1. The highest BCUT2D eigenvalue weighted by Crippen LogP contribution is 2.25. The van der Waals surface area contributed by atoms with Crippen LogP contribution in [0.5, 0.6) is 0 Å². The van der Waals surface area contributed by atoms with Crippen LogP contribution in [0.2, 0.25) is 0 Å². The number of carboxylic acids is 1. The average molecular weight is 299 g/mol. The second kappa shape index (κ2) is 5.63. The maximum absolute atomic E-state index is 12.4. The Labute approximate surface area is 127 Å². The lowest BCUT2D eigenvalue weighted by molar-refractivity contribution is -0.120. The van der Waals surface area contributed by atoms with Gasteiger partial charge in [-0.15, -0.1) is 0 Å². The first-order chi connectivity index (χ1) is 10.5. The van der Waals surface area contributed by atoms with Gasteiger partial charge in [0.2, 0.25) is 5.91 Å². The van der Waals surface area contributed by atoms with Crippen LogP contribution >= 0.6 is 0 Å². The number of rotatable bonds is 3. The van der Waals surface area contributed by atoms with Gasteiger partial charge < -0.3 is 10.4 Å². The number of aromatic amines is 1. The summed E-state index contributed by atoms with van der Waals surface area (Å²) < 4.78 is 0. The van der Waals surface area contributed by atoms with Crippen molar-refractivity contribution in [3.63, 3.8) is 0 Å². The number of amides is 1. The molecular weight excluding hydrogens is 282 g/mol. The zero-order chi connectivity index (χ0) is 15.7.